The van der Waals surface area contributed by atoms with Crippen LogP contribution in [0.3, 0.4) is 0 Å². The van der Waals surface area contributed by atoms with E-state index in [1.807, 2.05) is 29.6 Å². The third-order valence-corrected chi connectivity index (χ3v) is 6.42. The van der Waals surface area contributed by atoms with Crippen LogP contribution in [0.2, 0.25) is 0 Å². The van der Waals surface area contributed by atoms with Crippen molar-refractivity contribution >= 4 is 29.2 Å². The first-order chi connectivity index (χ1) is 8.19. The van der Waals surface area contributed by atoms with E-state index < -0.39 is 0 Å². The summed E-state index contributed by atoms with van der Waals surface area (Å²) >= 11 is 3.69. The van der Waals surface area contributed by atoms with Crippen LogP contribution in [0, 0.1) is 10.1 Å². The van der Waals surface area contributed by atoms with E-state index in [1.165, 1.54) is 4.90 Å². The lowest BCUT2D eigenvalue weighted by atomic mass is 10.1. The molecule has 0 bridgehead atoms. The molecule has 0 aliphatic carbocycles. The molecule has 1 aromatic carbocycles. The fourth-order valence-electron chi connectivity index (χ4n) is 2.21. The van der Waals surface area contributed by atoms with E-state index in [0.717, 1.165) is 30.8 Å². The summed E-state index contributed by atoms with van der Waals surface area (Å²) in [5, 5.41) is 14.1. The number of non-ortho nitro benzene ring substituents is 1. The van der Waals surface area contributed by atoms with Crippen LogP contribution in [0.25, 0.3) is 0 Å². The fraction of sp³-hybridized carbons (Fsp3) is 0.455. The minimum Gasteiger partial charge on any atom is -0.317 e. The normalized spacial score (nSPS) is 21.4. The molecular weight excluding hydrogens is 256 g/mol. The fourth-order valence-corrected chi connectivity index (χ4v) is 5.43. The van der Waals surface area contributed by atoms with Gasteiger partial charge >= 0.3 is 0 Å². The molecule has 2 aliphatic rings. The standard InChI is InChI=1S/C11H12N2O2S2/c14-13(15)8-1-2-9-10(7-8)17-11(16-9)3-5-12-6-4-11/h1-2,7,12H,3-6H2. The summed E-state index contributed by atoms with van der Waals surface area (Å²) in [7, 11) is 0. The minimum absolute atomic E-state index is 0.197. The van der Waals surface area contributed by atoms with Crippen molar-refractivity contribution in [3.05, 3.63) is 28.3 Å². The number of hydrogen-bond acceptors (Lipinski definition) is 5. The number of nitrogens with one attached hydrogen (secondary N) is 1. The van der Waals surface area contributed by atoms with Gasteiger partial charge in [0.05, 0.1) is 9.00 Å². The number of benzene rings is 1. The molecule has 0 unspecified atom stereocenters. The van der Waals surface area contributed by atoms with Crippen molar-refractivity contribution in [2.24, 2.45) is 0 Å². The van der Waals surface area contributed by atoms with E-state index >= 15 is 0 Å². The number of hydrogen-bond donors (Lipinski definition) is 1. The summed E-state index contributed by atoms with van der Waals surface area (Å²) < 4.78 is 0.211. The van der Waals surface area contributed by atoms with Gasteiger partial charge in [-0.05, 0) is 32.0 Å². The largest absolute Gasteiger partial charge is 0.317 e. The van der Waals surface area contributed by atoms with Gasteiger partial charge in [-0.1, -0.05) is 0 Å². The van der Waals surface area contributed by atoms with Crippen LogP contribution in [0.4, 0.5) is 5.69 Å². The lowest BCUT2D eigenvalue weighted by molar-refractivity contribution is -0.385. The van der Waals surface area contributed by atoms with E-state index in [2.05, 4.69) is 5.32 Å². The first-order valence-electron chi connectivity index (χ1n) is 5.56. The molecule has 0 aromatic heterocycles. The molecule has 2 heterocycles. The number of piperidine rings is 1. The Labute approximate surface area is 108 Å². The van der Waals surface area contributed by atoms with Gasteiger partial charge in [-0.25, -0.2) is 0 Å². The topological polar surface area (TPSA) is 55.2 Å². The number of nitro groups is 1. The highest BCUT2D eigenvalue weighted by Crippen LogP contribution is 2.59. The second-order valence-electron chi connectivity index (χ2n) is 4.25. The maximum atomic E-state index is 10.7. The van der Waals surface area contributed by atoms with Gasteiger partial charge in [0.2, 0.25) is 0 Å². The Morgan fingerprint density at radius 3 is 2.65 bits per heavy atom. The maximum absolute atomic E-state index is 10.7. The molecule has 0 saturated carbocycles. The third kappa shape index (κ3) is 2.05. The predicted octanol–water partition coefficient (Wildman–Crippen LogP) is 2.87. The van der Waals surface area contributed by atoms with Gasteiger partial charge in [-0.15, -0.1) is 23.5 Å². The number of nitrogens with zero attached hydrogens (tertiary/aromatic N) is 1. The Hall–Kier alpha value is -0.720. The van der Waals surface area contributed by atoms with Gasteiger partial charge in [0, 0.05) is 21.9 Å². The molecule has 0 amide bonds. The smallest absolute Gasteiger partial charge is 0.270 e. The Morgan fingerprint density at radius 1 is 1.24 bits per heavy atom. The van der Waals surface area contributed by atoms with Gasteiger partial charge in [-0.3, -0.25) is 10.1 Å². The summed E-state index contributed by atoms with van der Waals surface area (Å²) in [6.07, 6.45) is 2.23. The van der Waals surface area contributed by atoms with Crippen LogP contribution < -0.4 is 5.32 Å². The van der Waals surface area contributed by atoms with Crippen molar-refractivity contribution in [2.45, 2.75) is 26.7 Å². The lowest BCUT2D eigenvalue weighted by Gasteiger charge is -2.31. The molecule has 90 valence electrons. The maximum Gasteiger partial charge on any atom is 0.270 e. The zero-order valence-corrected chi connectivity index (χ0v) is 10.8. The quantitative estimate of drug-likeness (QED) is 0.627. The zero-order chi connectivity index (χ0) is 11.9. The van der Waals surface area contributed by atoms with Gasteiger partial charge in [0.25, 0.3) is 5.69 Å². The molecule has 1 saturated heterocycles. The predicted molar refractivity (Wildman–Crippen MR) is 69.6 cm³/mol. The molecule has 2 aliphatic heterocycles. The highest BCUT2D eigenvalue weighted by Gasteiger charge is 2.40. The second kappa shape index (κ2) is 4.19. The number of thioether (sulfide) groups is 2. The second-order valence-corrected chi connectivity index (χ2v) is 7.36. The van der Waals surface area contributed by atoms with Gasteiger partial charge < -0.3 is 5.32 Å². The molecule has 1 spiro atoms. The van der Waals surface area contributed by atoms with Crippen LogP contribution in [0.15, 0.2) is 28.0 Å². The highest BCUT2D eigenvalue weighted by molar-refractivity contribution is 8.20. The van der Waals surface area contributed by atoms with Crippen molar-refractivity contribution in [3.8, 4) is 0 Å². The summed E-state index contributed by atoms with van der Waals surface area (Å²) in [4.78, 5) is 12.7. The minimum atomic E-state index is -0.321. The Balaban J connectivity index is 1.89. The molecule has 0 radical (unpaired) electrons. The van der Waals surface area contributed by atoms with E-state index in [0.29, 0.717) is 0 Å². The molecule has 1 aromatic rings. The monoisotopic (exact) mass is 268 g/mol. The molecular formula is C11H12N2O2S2. The molecule has 6 heteroatoms. The van der Waals surface area contributed by atoms with E-state index in [1.54, 1.807) is 12.1 Å². The molecule has 1 N–H and O–H groups in total. The van der Waals surface area contributed by atoms with Crippen molar-refractivity contribution in [3.63, 3.8) is 0 Å². The lowest BCUT2D eigenvalue weighted by Crippen LogP contribution is -2.35. The number of nitro benzene ring substituents is 1. The zero-order valence-electron chi connectivity index (χ0n) is 9.14. The average molecular weight is 268 g/mol. The molecule has 17 heavy (non-hydrogen) atoms. The van der Waals surface area contributed by atoms with Gasteiger partial charge in [-0.2, -0.15) is 0 Å². The van der Waals surface area contributed by atoms with Crippen LogP contribution in [-0.4, -0.2) is 22.1 Å². The van der Waals surface area contributed by atoms with Crippen LogP contribution in [-0.2, 0) is 0 Å². The van der Waals surface area contributed by atoms with Crippen molar-refractivity contribution in [2.75, 3.05) is 13.1 Å². The Kier molecular flexibility index (Phi) is 2.80. The summed E-state index contributed by atoms with van der Waals surface area (Å²) in [6.45, 7) is 2.08. The summed E-state index contributed by atoms with van der Waals surface area (Å²) in [6, 6.07) is 5.21. The molecule has 3 rings (SSSR count). The molecule has 4 nitrogen and oxygen atoms in total. The van der Waals surface area contributed by atoms with Crippen molar-refractivity contribution in [1.29, 1.82) is 0 Å². The number of rotatable bonds is 1. The van der Waals surface area contributed by atoms with Crippen molar-refractivity contribution < 1.29 is 4.92 Å². The third-order valence-electron chi connectivity index (χ3n) is 3.10. The first-order valence-corrected chi connectivity index (χ1v) is 7.19. The average Bonchev–Trinajstić information content (AvgIpc) is 2.66. The van der Waals surface area contributed by atoms with Crippen molar-refractivity contribution in [1.82, 2.24) is 5.32 Å². The van der Waals surface area contributed by atoms with Gasteiger partial charge in [0.1, 0.15) is 0 Å². The SMILES string of the molecule is O=[N+]([O-])c1ccc2c(c1)SC1(CCNCC1)S2. The Bertz CT molecular complexity index is 473. The Morgan fingerprint density at radius 2 is 1.94 bits per heavy atom. The number of fused-ring (bicyclic) bond motifs is 1. The molecule has 0 atom stereocenters. The van der Waals surface area contributed by atoms with Crippen LogP contribution in [0.5, 0.6) is 0 Å². The van der Waals surface area contributed by atoms with E-state index in [4.69, 9.17) is 0 Å². The molecule has 1 fully saturated rings. The van der Waals surface area contributed by atoms with E-state index in [-0.39, 0.29) is 14.7 Å². The summed E-state index contributed by atoms with van der Waals surface area (Å²) in [5.41, 5.74) is 0.197. The first kappa shape index (κ1) is 11.4. The van der Waals surface area contributed by atoms with E-state index in [9.17, 15) is 10.1 Å². The highest BCUT2D eigenvalue weighted by atomic mass is 32.2. The summed E-state index contributed by atoms with van der Waals surface area (Å²) in [5.74, 6) is 0. The van der Waals surface area contributed by atoms with Crippen LogP contribution >= 0.6 is 23.5 Å². The van der Waals surface area contributed by atoms with Gasteiger partial charge in [0.15, 0.2) is 0 Å². The van der Waals surface area contributed by atoms with Crippen LogP contribution in [0.1, 0.15) is 12.8 Å².